The van der Waals surface area contributed by atoms with E-state index >= 15 is 0 Å². The molecule has 27 heavy (non-hydrogen) atoms. The Balaban J connectivity index is 1.81. The van der Waals surface area contributed by atoms with Crippen LogP contribution < -0.4 is 0 Å². The normalized spacial score (nSPS) is 11.7. The van der Waals surface area contributed by atoms with Gasteiger partial charge in [-0.25, -0.2) is 14.5 Å². The summed E-state index contributed by atoms with van der Waals surface area (Å²) in [6.07, 6.45) is 3.22. The van der Waals surface area contributed by atoms with Crippen molar-refractivity contribution in [1.82, 2.24) is 29.4 Å². The van der Waals surface area contributed by atoms with Crippen LogP contribution in [0.5, 0.6) is 0 Å². The highest BCUT2D eigenvalue weighted by molar-refractivity contribution is 6.35. The van der Waals surface area contributed by atoms with E-state index in [2.05, 4.69) is 20.2 Å². The van der Waals surface area contributed by atoms with E-state index in [4.69, 9.17) is 11.6 Å². The van der Waals surface area contributed by atoms with Crippen LogP contribution >= 0.6 is 11.6 Å². The van der Waals surface area contributed by atoms with Crippen molar-refractivity contribution in [2.45, 2.75) is 13.8 Å². The van der Waals surface area contributed by atoms with Gasteiger partial charge in [-0.3, -0.25) is 4.79 Å². The number of carbonyl (C=O) groups is 1. The number of hydrogen-bond acceptors (Lipinski definition) is 5. The van der Waals surface area contributed by atoms with E-state index in [-0.39, 0.29) is 5.91 Å². The van der Waals surface area contributed by atoms with Gasteiger partial charge in [0, 0.05) is 17.8 Å². The summed E-state index contributed by atoms with van der Waals surface area (Å²) in [4.78, 5) is 21.7. The lowest BCUT2D eigenvalue weighted by Crippen LogP contribution is -2.14. The Labute approximate surface area is 158 Å². The molecule has 0 unspecified atom stereocenters. The smallest absolute Gasteiger partial charge is 0.267 e. The first-order chi connectivity index (χ1) is 13.0. The molecule has 132 valence electrons. The van der Waals surface area contributed by atoms with Gasteiger partial charge in [-0.2, -0.15) is 14.9 Å². The van der Waals surface area contributed by atoms with E-state index in [1.54, 1.807) is 29.0 Å². The van der Waals surface area contributed by atoms with E-state index in [1.807, 2.05) is 32.0 Å². The minimum Gasteiger partial charge on any atom is -0.267 e. The molecule has 0 spiro atoms. The number of rotatable bonds is 1. The van der Waals surface area contributed by atoms with Crippen molar-refractivity contribution in [3.63, 3.8) is 0 Å². The van der Waals surface area contributed by atoms with Crippen molar-refractivity contribution in [2.75, 3.05) is 0 Å². The second-order valence-corrected chi connectivity index (χ2v) is 6.80. The highest BCUT2D eigenvalue weighted by atomic mass is 35.5. The van der Waals surface area contributed by atoms with Gasteiger partial charge in [-0.05, 0) is 26.0 Å². The zero-order chi connectivity index (χ0) is 18.7. The van der Waals surface area contributed by atoms with Gasteiger partial charge in [0.15, 0.2) is 11.3 Å². The maximum Gasteiger partial charge on any atom is 0.280 e. The average molecular weight is 377 g/mol. The summed E-state index contributed by atoms with van der Waals surface area (Å²) >= 11 is 6.34. The Morgan fingerprint density at radius 2 is 1.85 bits per heavy atom. The summed E-state index contributed by atoms with van der Waals surface area (Å²) < 4.78 is 3.01. The maximum atomic E-state index is 12.9. The molecule has 1 aromatic carbocycles. The van der Waals surface area contributed by atoms with E-state index in [0.29, 0.717) is 32.8 Å². The zero-order valence-electron chi connectivity index (χ0n) is 14.5. The van der Waals surface area contributed by atoms with Crippen molar-refractivity contribution >= 4 is 45.1 Å². The van der Waals surface area contributed by atoms with Crippen LogP contribution in [0.3, 0.4) is 0 Å². The zero-order valence-corrected chi connectivity index (χ0v) is 15.3. The summed E-state index contributed by atoms with van der Waals surface area (Å²) in [5.41, 5.74) is 4.25. The fraction of sp³-hybridized carbons (Fsp3) is 0.105. The van der Waals surface area contributed by atoms with Crippen LogP contribution in [0.1, 0.15) is 21.6 Å². The number of nitrogens with zero attached hydrogens (tertiary/aromatic N) is 6. The van der Waals surface area contributed by atoms with Gasteiger partial charge in [0.1, 0.15) is 5.15 Å². The number of halogens is 1. The van der Waals surface area contributed by atoms with Gasteiger partial charge < -0.3 is 0 Å². The van der Waals surface area contributed by atoms with E-state index in [0.717, 1.165) is 16.8 Å². The predicted octanol–water partition coefficient (Wildman–Crippen LogP) is 3.59. The molecular weight excluding hydrogens is 364 g/mol. The number of pyridine rings is 1. The first kappa shape index (κ1) is 15.9. The summed E-state index contributed by atoms with van der Waals surface area (Å²) in [6, 6.07) is 9.19. The van der Waals surface area contributed by atoms with Crippen molar-refractivity contribution in [3.8, 4) is 0 Å². The second-order valence-electron chi connectivity index (χ2n) is 6.44. The quantitative estimate of drug-likeness (QED) is 0.418. The molecule has 0 N–H and O–H groups in total. The van der Waals surface area contributed by atoms with Crippen molar-refractivity contribution < 1.29 is 4.79 Å². The lowest BCUT2D eigenvalue weighted by molar-refractivity contribution is 0.0950. The summed E-state index contributed by atoms with van der Waals surface area (Å²) in [5.74, 6) is -0.245. The Kier molecular flexibility index (Phi) is 3.29. The monoisotopic (exact) mass is 376 g/mol. The number of aromatic nitrogens is 6. The van der Waals surface area contributed by atoms with Crippen LogP contribution in [-0.4, -0.2) is 35.3 Å². The van der Waals surface area contributed by atoms with E-state index in [9.17, 15) is 4.79 Å². The van der Waals surface area contributed by atoms with Crippen molar-refractivity contribution in [1.29, 1.82) is 0 Å². The molecule has 0 aliphatic rings. The average Bonchev–Trinajstić information content (AvgIpc) is 3.24. The molecule has 0 aliphatic carbocycles. The molecule has 0 amide bonds. The van der Waals surface area contributed by atoms with Crippen LogP contribution in [0, 0.1) is 13.8 Å². The van der Waals surface area contributed by atoms with Crippen LogP contribution in [0.2, 0.25) is 5.15 Å². The fourth-order valence-electron chi connectivity index (χ4n) is 3.20. The molecule has 0 aliphatic heterocycles. The Hall–Kier alpha value is -3.32. The molecule has 0 saturated heterocycles. The predicted molar refractivity (Wildman–Crippen MR) is 102 cm³/mol. The molecule has 5 rings (SSSR count). The van der Waals surface area contributed by atoms with Crippen LogP contribution in [0.15, 0.2) is 42.7 Å². The topological polar surface area (TPSA) is 78.0 Å². The molecule has 5 aromatic rings. The first-order valence-electron chi connectivity index (χ1n) is 8.32. The molecule has 0 saturated carbocycles. The Morgan fingerprint density at radius 1 is 1.07 bits per heavy atom. The third kappa shape index (κ3) is 2.32. The Bertz CT molecular complexity index is 1370. The van der Waals surface area contributed by atoms with Gasteiger partial charge in [0.25, 0.3) is 5.91 Å². The third-order valence-corrected chi connectivity index (χ3v) is 4.81. The van der Waals surface area contributed by atoms with Crippen LogP contribution in [-0.2, 0) is 0 Å². The van der Waals surface area contributed by atoms with Gasteiger partial charge in [0.05, 0.1) is 28.2 Å². The lowest BCUT2D eigenvalue weighted by Gasteiger charge is -2.06. The lowest BCUT2D eigenvalue weighted by atomic mass is 10.1. The number of aryl methyl sites for hydroxylation is 2. The first-order valence-corrected chi connectivity index (χ1v) is 8.70. The molecule has 0 radical (unpaired) electrons. The van der Waals surface area contributed by atoms with Gasteiger partial charge in [0.2, 0.25) is 0 Å². The maximum absolute atomic E-state index is 12.9. The van der Waals surface area contributed by atoms with E-state index in [1.165, 1.54) is 4.68 Å². The summed E-state index contributed by atoms with van der Waals surface area (Å²) in [7, 11) is 0. The van der Waals surface area contributed by atoms with Crippen molar-refractivity contribution in [3.05, 3.63) is 64.7 Å². The fourth-order valence-corrected chi connectivity index (χ4v) is 3.43. The molecule has 0 bridgehead atoms. The number of benzene rings is 1. The molecule has 4 heterocycles. The number of carbonyl (C=O) groups excluding carboxylic acids is 1. The summed E-state index contributed by atoms with van der Waals surface area (Å²) in [5, 5.41) is 10.5. The molecule has 0 atom stereocenters. The Morgan fingerprint density at radius 3 is 2.63 bits per heavy atom. The number of fused-ring (bicyclic) bond motifs is 5. The molecule has 8 heteroatoms. The highest BCUT2D eigenvalue weighted by Gasteiger charge is 2.19. The molecular formula is C19H13ClN6O. The SMILES string of the molecule is Cc1ccc(C(=O)n2ncc3c2ncc2c(Cl)nc4cc(C)nn4c23)cc1. The standard InChI is InChI=1S/C19H13ClN6O/c1-10-3-5-12(6-4-10)19(27)26-18-14(9-22-26)16-13(8-21-18)17(20)23-15-7-11(2)24-25(15)16/h3-9H,1-2H3. The minimum atomic E-state index is -0.245. The van der Waals surface area contributed by atoms with Crippen LogP contribution in [0.25, 0.3) is 27.6 Å². The summed E-state index contributed by atoms with van der Waals surface area (Å²) in [6.45, 7) is 3.86. The largest absolute Gasteiger partial charge is 0.280 e. The minimum absolute atomic E-state index is 0.245. The van der Waals surface area contributed by atoms with Gasteiger partial charge >= 0.3 is 0 Å². The number of hydrogen-bond donors (Lipinski definition) is 0. The van der Waals surface area contributed by atoms with Crippen molar-refractivity contribution in [2.24, 2.45) is 0 Å². The van der Waals surface area contributed by atoms with Gasteiger partial charge in [-0.1, -0.05) is 29.3 Å². The van der Waals surface area contributed by atoms with Gasteiger partial charge in [-0.15, -0.1) is 0 Å². The molecule has 7 nitrogen and oxygen atoms in total. The second kappa shape index (κ2) is 5.59. The van der Waals surface area contributed by atoms with Crippen LogP contribution in [0.4, 0.5) is 0 Å². The molecule has 4 aromatic heterocycles. The molecule has 0 fully saturated rings. The third-order valence-electron chi connectivity index (χ3n) is 4.52. The van der Waals surface area contributed by atoms with E-state index < -0.39 is 0 Å². The highest BCUT2D eigenvalue weighted by Crippen LogP contribution is 2.28.